The van der Waals surface area contributed by atoms with Crippen LogP contribution in [0, 0.1) is 5.92 Å². The molecule has 0 amide bonds. The van der Waals surface area contributed by atoms with Gasteiger partial charge in [-0.25, -0.2) is 0 Å². The van der Waals surface area contributed by atoms with Crippen LogP contribution in [0.2, 0.25) is 0 Å². The highest BCUT2D eigenvalue weighted by molar-refractivity contribution is 4.95. The van der Waals surface area contributed by atoms with Gasteiger partial charge in [-0.2, -0.15) is 0 Å². The van der Waals surface area contributed by atoms with Crippen LogP contribution in [0.5, 0.6) is 0 Å². The molecule has 0 aromatic carbocycles. The lowest BCUT2D eigenvalue weighted by Gasteiger charge is -2.48. The fourth-order valence-corrected chi connectivity index (χ4v) is 4.39. The summed E-state index contributed by atoms with van der Waals surface area (Å²) in [6, 6.07) is 0. The minimum Gasteiger partial charge on any atom is -0.394 e. The summed E-state index contributed by atoms with van der Waals surface area (Å²) in [5.74, 6) is -0.592. The van der Waals surface area contributed by atoms with E-state index in [2.05, 4.69) is 0 Å². The molecule has 0 aliphatic carbocycles. The Hall–Kier alpha value is -0.560. The van der Waals surface area contributed by atoms with Crippen LogP contribution in [0.4, 0.5) is 0 Å². The Morgan fingerprint density at radius 3 is 1.76 bits per heavy atom. The van der Waals surface area contributed by atoms with Crippen LogP contribution in [-0.4, -0.2) is 147 Å². The average Bonchev–Trinajstić information content (AvgIpc) is 2.83. The summed E-state index contributed by atoms with van der Waals surface area (Å²) in [5.41, 5.74) is 0. The number of hydrogen-bond acceptors (Lipinski definition) is 14. The maximum absolute atomic E-state index is 10.8. The van der Waals surface area contributed by atoms with Gasteiger partial charge in [-0.1, -0.05) is 6.92 Å². The number of methoxy groups -OCH3 is 1. The van der Waals surface area contributed by atoms with Gasteiger partial charge in [-0.3, -0.25) is 0 Å². The van der Waals surface area contributed by atoms with Crippen molar-refractivity contribution in [2.45, 2.75) is 99.9 Å². The van der Waals surface area contributed by atoms with Crippen molar-refractivity contribution in [1.29, 1.82) is 0 Å². The average molecular weight is 500 g/mol. The second-order valence-corrected chi connectivity index (χ2v) is 8.90. The van der Waals surface area contributed by atoms with Crippen LogP contribution in [0.1, 0.15) is 13.8 Å². The molecular weight excluding hydrogens is 464 g/mol. The Balaban J connectivity index is 1.83. The first-order chi connectivity index (χ1) is 16.0. The summed E-state index contributed by atoms with van der Waals surface area (Å²) in [6.45, 7) is 1.81. The Labute approximate surface area is 196 Å². The van der Waals surface area contributed by atoms with Gasteiger partial charge in [0.1, 0.15) is 54.9 Å². The largest absolute Gasteiger partial charge is 0.394 e. The highest BCUT2D eigenvalue weighted by Gasteiger charge is 2.53. The van der Waals surface area contributed by atoms with Gasteiger partial charge in [0.25, 0.3) is 0 Å². The Kier molecular flexibility index (Phi) is 9.61. The van der Waals surface area contributed by atoms with Crippen molar-refractivity contribution in [2.75, 3.05) is 20.3 Å². The van der Waals surface area contributed by atoms with Crippen molar-refractivity contribution >= 4 is 0 Å². The molecule has 3 fully saturated rings. The molecule has 0 aromatic rings. The van der Waals surface area contributed by atoms with Crippen molar-refractivity contribution in [3.05, 3.63) is 0 Å². The fraction of sp³-hybridized carbons (Fsp3) is 1.00. The van der Waals surface area contributed by atoms with E-state index in [4.69, 9.17) is 28.4 Å². The highest BCUT2D eigenvalue weighted by atomic mass is 16.8. The zero-order chi connectivity index (χ0) is 25.3. The van der Waals surface area contributed by atoms with E-state index in [-0.39, 0.29) is 0 Å². The second-order valence-electron chi connectivity index (χ2n) is 8.90. The smallest absolute Gasteiger partial charge is 0.187 e. The number of hydrogen-bond donors (Lipinski definition) is 8. The molecule has 15 atom stereocenters. The lowest BCUT2D eigenvalue weighted by Crippen LogP contribution is -2.66. The van der Waals surface area contributed by atoms with E-state index in [0.29, 0.717) is 0 Å². The third-order valence-corrected chi connectivity index (χ3v) is 6.61. The maximum atomic E-state index is 10.8. The molecular formula is C20H36O14. The molecule has 0 saturated carbocycles. The van der Waals surface area contributed by atoms with E-state index in [9.17, 15) is 40.9 Å². The summed E-state index contributed by atoms with van der Waals surface area (Å²) < 4.78 is 33.3. The van der Waals surface area contributed by atoms with Crippen molar-refractivity contribution in [3.8, 4) is 0 Å². The van der Waals surface area contributed by atoms with E-state index < -0.39 is 105 Å². The van der Waals surface area contributed by atoms with E-state index in [0.717, 1.165) is 0 Å². The molecule has 3 rings (SSSR count). The molecule has 3 aliphatic heterocycles. The van der Waals surface area contributed by atoms with Crippen LogP contribution < -0.4 is 0 Å². The first kappa shape index (κ1) is 28.0. The number of aliphatic hydroxyl groups is 8. The summed E-state index contributed by atoms with van der Waals surface area (Å²) >= 11 is 0. The van der Waals surface area contributed by atoms with Crippen LogP contribution in [0.15, 0.2) is 0 Å². The van der Waals surface area contributed by atoms with Crippen LogP contribution in [-0.2, 0) is 28.4 Å². The first-order valence-corrected chi connectivity index (χ1v) is 11.2. The zero-order valence-corrected chi connectivity index (χ0v) is 19.1. The first-order valence-electron chi connectivity index (χ1n) is 11.2. The SMILES string of the molecule is CO[C@@H]1OC(CO)[C@@H](O[C@@H]2OC(CO)[C@H](O)[C@H](O)C2O[C@@H]2OC(C)[C@@H](O)[C@H](O)C2O)[C@H](O)C1C. The molecule has 8 N–H and O–H groups in total. The minimum absolute atomic E-state index is 0.562. The molecule has 0 radical (unpaired) electrons. The molecule has 200 valence electrons. The molecule has 6 unspecified atom stereocenters. The summed E-state index contributed by atoms with van der Waals surface area (Å²) in [7, 11) is 1.38. The maximum Gasteiger partial charge on any atom is 0.187 e. The molecule has 3 aliphatic rings. The van der Waals surface area contributed by atoms with Gasteiger partial charge in [-0.15, -0.1) is 0 Å². The van der Waals surface area contributed by atoms with Gasteiger partial charge < -0.3 is 69.3 Å². The van der Waals surface area contributed by atoms with Crippen LogP contribution in [0.3, 0.4) is 0 Å². The molecule has 0 aromatic heterocycles. The molecule has 0 spiro atoms. The Bertz CT molecular complexity index is 638. The minimum atomic E-state index is -1.72. The Morgan fingerprint density at radius 2 is 1.18 bits per heavy atom. The van der Waals surface area contributed by atoms with Crippen LogP contribution in [0.25, 0.3) is 0 Å². The summed E-state index contributed by atoms with van der Waals surface area (Å²) in [4.78, 5) is 0. The summed E-state index contributed by atoms with van der Waals surface area (Å²) in [5, 5.41) is 81.4. The standard InChI is InChI=1S/C20H36O14/c1-6-10(23)16(9(5-22)32-18(6)29-3)33-20-17(14(27)12(25)8(4-21)31-20)34-19-15(28)13(26)11(24)7(2)30-19/h6-28H,4-5H2,1-3H3/t6?,7?,8?,9?,10-,11-,12+,13+,14+,15?,16-,17?,18-,19+,20+/m1/s1. The molecule has 3 heterocycles. The molecule has 34 heavy (non-hydrogen) atoms. The predicted molar refractivity (Wildman–Crippen MR) is 108 cm³/mol. The number of aliphatic hydroxyl groups excluding tert-OH is 8. The molecule has 14 nitrogen and oxygen atoms in total. The van der Waals surface area contributed by atoms with Gasteiger partial charge in [-0.05, 0) is 6.92 Å². The van der Waals surface area contributed by atoms with Crippen molar-refractivity contribution < 1.29 is 69.3 Å². The van der Waals surface area contributed by atoms with Crippen molar-refractivity contribution in [2.24, 2.45) is 5.92 Å². The predicted octanol–water partition coefficient (Wildman–Crippen LogP) is -4.62. The third kappa shape index (κ3) is 5.40. The van der Waals surface area contributed by atoms with E-state index >= 15 is 0 Å². The fourth-order valence-electron chi connectivity index (χ4n) is 4.39. The lowest BCUT2D eigenvalue weighted by molar-refractivity contribution is -0.384. The van der Waals surface area contributed by atoms with Gasteiger partial charge >= 0.3 is 0 Å². The normalized spacial score (nSPS) is 52.5. The van der Waals surface area contributed by atoms with Gasteiger partial charge in [0, 0.05) is 13.0 Å². The molecule has 0 bridgehead atoms. The quantitative estimate of drug-likeness (QED) is 0.165. The highest BCUT2D eigenvalue weighted by Crippen LogP contribution is 2.34. The number of rotatable bonds is 7. The van der Waals surface area contributed by atoms with Crippen LogP contribution >= 0.6 is 0 Å². The molecule has 14 heteroatoms. The van der Waals surface area contributed by atoms with E-state index in [1.807, 2.05) is 0 Å². The topological polar surface area (TPSA) is 217 Å². The van der Waals surface area contributed by atoms with Crippen molar-refractivity contribution in [1.82, 2.24) is 0 Å². The van der Waals surface area contributed by atoms with Crippen molar-refractivity contribution in [3.63, 3.8) is 0 Å². The van der Waals surface area contributed by atoms with Gasteiger partial charge in [0.2, 0.25) is 0 Å². The van der Waals surface area contributed by atoms with E-state index in [1.54, 1.807) is 6.92 Å². The lowest BCUT2D eigenvalue weighted by atomic mass is 9.92. The second kappa shape index (κ2) is 11.7. The third-order valence-electron chi connectivity index (χ3n) is 6.61. The monoisotopic (exact) mass is 500 g/mol. The number of ether oxygens (including phenoxy) is 6. The molecule has 3 saturated heterocycles. The zero-order valence-electron chi connectivity index (χ0n) is 19.1. The Morgan fingerprint density at radius 1 is 0.588 bits per heavy atom. The summed E-state index contributed by atoms with van der Waals surface area (Å²) in [6.07, 6.45) is -19.3. The van der Waals surface area contributed by atoms with Gasteiger partial charge in [0.05, 0.1) is 25.4 Å². The van der Waals surface area contributed by atoms with E-state index in [1.165, 1.54) is 14.0 Å². The van der Waals surface area contributed by atoms with Gasteiger partial charge in [0.15, 0.2) is 18.9 Å².